The Morgan fingerprint density at radius 2 is 1.94 bits per heavy atom. The molecule has 1 atom stereocenters. The summed E-state index contributed by atoms with van der Waals surface area (Å²) in [6, 6.07) is 10.9. The highest BCUT2D eigenvalue weighted by Gasteiger charge is 2.16. The summed E-state index contributed by atoms with van der Waals surface area (Å²) in [5, 5.41) is 3.38. The maximum atomic E-state index is 3.62. The second-order valence-electron chi connectivity index (χ2n) is 3.84. The van der Waals surface area contributed by atoms with Crippen molar-refractivity contribution < 1.29 is 0 Å². The first-order valence-electron chi connectivity index (χ1n) is 5.30. The second kappa shape index (κ2) is 5.65. The summed E-state index contributed by atoms with van der Waals surface area (Å²) >= 11 is 8.98. The highest BCUT2D eigenvalue weighted by Crippen LogP contribution is 2.33. The minimum absolute atomic E-state index is 0.237. The van der Waals surface area contributed by atoms with Gasteiger partial charge < -0.3 is 5.32 Å². The lowest BCUT2D eigenvalue weighted by molar-refractivity contribution is 0.700. The Hall–Kier alpha value is -0.160. The van der Waals surface area contributed by atoms with E-state index < -0.39 is 0 Å². The molecule has 1 aromatic heterocycles. The van der Waals surface area contributed by atoms with Crippen molar-refractivity contribution in [3.63, 3.8) is 0 Å². The van der Waals surface area contributed by atoms with Gasteiger partial charge in [0.2, 0.25) is 0 Å². The number of aryl methyl sites for hydroxylation is 1. The average molecular weight is 375 g/mol. The summed E-state index contributed by atoms with van der Waals surface area (Å²) in [6.07, 6.45) is 0. The van der Waals surface area contributed by atoms with Crippen LogP contribution >= 0.6 is 43.2 Å². The fraction of sp³-hybridized carbons (Fsp3) is 0.231. The monoisotopic (exact) mass is 373 g/mol. The van der Waals surface area contributed by atoms with E-state index in [4.69, 9.17) is 0 Å². The fourth-order valence-corrected chi connectivity index (χ4v) is 3.66. The summed E-state index contributed by atoms with van der Waals surface area (Å²) in [5.41, 5.74) is 1.25. The smallest absolute Gasteiger partial charge is 0.0680 e. The molecule has 0 saturated carbocycles. The lowest BCUT2D eigenvalue weighted by Gasteiger charge is -2.17. The Morgan fingerprint density at radius 3 is 2.53 bits per heavy atom. The first kappa shape index (κ1) is 13.3. The third-order valence-electron chi connectivity index (χ3n) is 2.60. The Morgan fingerprint density at radius 1 is 1.18 bits per heavy atom. The molecule has 17 heavy (non-hydrogen) atoms. The van der Waals surface area contributed by atoms with E-state index in [1.165, 1.54) is 15.3 Å². The van der Waals surface area contributed by atoms with Gasteiger partial charge in [-0.05, 0) is 49.9 Å². The van der Waals surface area contributed by atoms with Crippen LogP contribution in [0.2, 0.25) is 0 Å². The number of rotatable bonds is 3. The van der Waals surface area contributed by atoms with Crippen molar-refractivity contribution in [3.8, 4) is 0 Å². The van der Waals surface area contributed by atoms with Gasteiger partial charge in [-0.2, -0.15) is 0 Å². The average Bonchev–Trinajstić information content (AvgIpc) is 2.71. The van der Waals surface area contributed by atoms with E-state index in [9.17, 15) is 0 Å². The van der Waals surface area contributed by atoms with E-state index in [-0.39, 0.29) is 6.04 Å². The molecule has 1 unspecified atom stereocenters. The van der Waals surface area contributed by atoms with Crippen molar-refractivity contribution in [1.29, 1.82) is 0 Å². The summed E-state index contributed by atoms with van der Waals surface area (Å²) in [5.74, 6) is 0. The second-order valence-corrected chi connectivity index (χ2v) is 6.93. The van der Waals surface area contributed by atoms with Crippen molar-refractivity contribution in [2.24, 2.45) is 0 Å². The lowest BCUT2D eigenvalue weighted by atomic mass is 10.1. The molecule has 2 aromatic rings. The largest absolute Gasteiger partial charge is 0.309 e. The molecule has 1 nitrogen and oxygen atoms in total. The minimum Gasteiger partial charge on any atom is -0.309 e. The number of nitrogens with one attached hydrogen (secondary N) is 1. The zero-order valence-corrected chi connectivity index (χ0v) is 13.6. The molecule has 1 aromatic carbocycles. The number of benzene rings is 1. The molecule has 0 fully saturated rings. The van der Waals surface area contributed by atoms with Gasteiger partial charge in [0.25, 0.3) is 0 Å². The number of thiophene rings is 1. The molecule has 0 spiro atoms. The van der Waals surface area contributed by atoms with Gasteiger partial charge in [0, 0.05) is 18.7 Å². The predicted octanol–water partition coefficient (Wildman–Crippen LogP) is 4.89. The van der Waals surface area contributed by atoms with E-state index in [0.717, 1.165) is 8.95 Å². The molecule has 2 rings (SSSR count). The molecular weight excluding hydrogens is 362 g/mol. The van der Waals surface area contributed by atoms with Crippen LogP contribution in [0.4, 0.5) is 0 Å². The third kappa shape index (κ3) is 2.99. The van der Waals surface area contributed by atoms with Crippen LogP contribution in [-0.2, 0) is 0 Å². The van der Waals surface area contributed by atoms with Gasteiger partial charge in [0.1, 0.15) is 0 Å². The summed E-state index contributed by atoms with van der Waals surface area (Å²) < 4.78 is 2.23. The molecule has 0 bridgehead atoms. The molecular formula is C13H13Br2NS. The minimum atomic E-state index is 0.237. The Labute approximate surface area is 123 Å². The van der Waals surface area contributed by atoms with Crippen molar-refractivity contribution >= 4 is 43.2 Å². The van der Waals surface area contributed by atoms with Gasteiger partial charge in [-0.3, -0.25) is 0 Å². The molecule has 0 aliphatic heterocycles. The van der Waals surface area contributed by atoms with Gasteiger partial charge in [0.15, 0.2) is 0 Å². The van der Waals surface area contributed by atoms with E-state index in [1.807, 2.05) is 24.5 Å². The van der Waals surface area contributed by atoms with Gasteiger partial charge in [-0.15, -0.1) is 11.3 Å². The molecule has 90 valence electrons. The van der Waals surface area contributed by atoms with Crippen molar-refractivity contribution in [1.82, 2.24) is 5.32 Å². The normalized spacial score (nSPS) is 12.7. The van der Waals surface area contributed by atoms with Gasteiger partial charge in [0.05, 0.1) is 6.04 Å². The Kier molecular flexibility index (Phi) is 4.42. The molecule has 0 saturated heterocycles. The highest BCUT2D eigenvalue weighted by molar-refractivity contribution is 9.11. The molecule has 0 radical (unpaired) electrons. The van der Waals surface area contributed by atoms with Gasteiger partial charge in [-0.1, -0.05) is 31.9 Å². The van der Waals surface area contributed by atoms with Crippen LogP contribution in [0.15, 0.2) is 39.3 Å². The summed E-state index contributed by atoms with van der Waals surface area (Å²) in [4.78, 5) is 2.68. The van der Waals surface area contributed by atoms with E-state index in [2.05, 4.69) is 68.4 Å². The van der Waals surface area contributed by atoms with Crippen LogP contribution in [0.3, 0.4) is 0 Å². The molecule has 0 aliphatic carbocycles. The zero-order valence-electron chi connectivity index (χ0n) is 9.63. The van der Waals surface area contributed by atoms with E-state index >= 15 is 0 Å². The van der Waals surface area contributed by atoms with Gasteiger partial charge >= 0.3 is 0 Å². The predicted molar refractivity (Wildman–Crippen MR) is 81.8 cm³/mol. The first-order valence-corrected chi connectivity index (χ1v) is 7.70. The van der Waals surface area contributed by atoms with Crippen molar-refractivity contribution in [3.05, 3.63) is 54.6 Å². The SMILES string of the molecule is CNC(c1ccc(C)s1)c1cc(Br)ccc1Br. The number of hydrogen-bond acceptors (Lipinski definition) is 2. The maximum absolute atomic E-state index is 3.62. The quantitative estimate of drug-likeness (QED) is 0.806. The number of halogens is 2. The van der Waals surface area contributed by atoms with Crippen LogP contribution in [-0.4, -0.2) is 7.05 Å². The van der Waals surface area contributed by atoms with E-state index in [1.54, 1.807) is 0 Å². The zero-order chi connectivity index (χ0) is 12.4. The molecule has 0 aliphatic rings. The number of hydrogen-bond donors (Lipinski definition) is 1. The van der Waals surface area contributed by atoms with Crippen LogP contribution in [0.25, 0.3) is 0 Å². The Balaban J connectivity index is 2.45. The first-order chi connectivity index (χ1) is 8.11. The van der Waals surface area contributed by atoms with Crippen LogP contribution in [0.5, 0.6) is 0 Å². The molecule has 0 amide bonds. The molecule has 1 heterocycles. The standard InChI is InChI=1S/C13H13Br2NS/c1-8-3-6-12(17-8)13(16-2)10-7-9(14)4-5-11(10)15/h3-7,13,16H,1-2H3. The van der Waals surface area contributed by atoms with Crippen molar-refractivity contribution in [2.45, 2.75) is 13.0 Å². The van der Waals surface area contributed by atoms with Crippen LogP contribution in [0, 0.1) is 6.92 Å². The molecule has 1 N–H and O–H groups in total. The van der Waals surface area contributed by atoms with Crippen LogP contribution < -0.4 is 5.32 Å². The summed E-state index contributed by atoms with van der Waals surface area (Å²) in [6.45, 7) is 2.14. The van der Waals surface area contributed by atoms with Crippen molar-refractivity contribution in [2.75, 3.05) is 7.05 Å². The highest BCUT2D eigenvalue weighted by atomic mass is 79.9. The van der Waals surface area contributed by atoms with Gasteiger partial charge in [-0.25, -0.2) is 0 Å². The topological polar surface area (TPSA) is 12.0 Å². The third-order valence-corrected chi connectivity index (χ3v) is 4.88. The maximum Gasteiger partial charge on any atom is 0.0680 e. The lowest BCUT2D eigenvalue weighted by Crippen LogP contribution is -2.16. The summed E-state index contributed by atoms with van der Waals surface area (Å²) in [7, 11) is 1.99. The Bertz CT molecular complexity index is 522. The van der Waals surface area contributed by atoms with E-state index in [0.29, 0.717) is 0 Å². The van der Waals surface area contributed by atoms with Crippen LogP contribution in [0.1, 0.15) is 21.4 Å². The fourth-order valence-electron chi connectivity index (χ4n) is 1.80. The molecule has 4 heteroatoms.